The molecule has 154 valence electrons. The molecule has 5 nitrogen and oxygen atoms in total. The summed E-state index contributed by atoms with van der Waals surface area (Å²) in [6.45, 7) is 3.82. The maximum absolute atomic E-state index is 12.7. The van der Waals surface area contributed by atoms with Crippen molar-refractivity contribution in [3.63, 3.8) is 0 Å². The second-order valence-corrected chi connectivity index (χ2v) is 8.00. The van der Waals surface area contributed by atoms with Crippen LogP contribution in [0.3, 0.4) is 0 Å². The smallest absolute Gasteiger partial charge is 0.309 e. The monoisotopic (exact) mass is 394 g/mol. The Labute approximate surface area is 173 Å². The van der Waals surface area contributed by atoms with E-state index in [-0.39, 0.29) is 29.8 Å². The number of carbonyl (C=O) groups excluding carboxylic acids is 2. The van der Waals surface area contributed by atoms with Crippen LogP contribution in [0, 0.1) is 5.92 Å². The van der Waals surface area contributed by atoms with Gasteiger partial charge in [-0.2, -0.15) is 0 Å². The Balaban J connectivity index is 1.59. The molecular formula is C24H30N2O3. The van der Waals surface area contributed by atoms with E-state index in [9.17, 15) is 9.59 Å². The molecule has 0 aliphatic heterocycles. The van der Waals surface area contributed by atoms with Crippen molar-refractivity contribution < 1.29 is 14.3 Å². The van der Waals surface area contributed by atoms with Crippen molar-refractivity contribution in [1.82, 2.24) is 10.2 Å². The third-order valence-corrected chi connectivity index (χ3v) is 5.62. The molecule has 1 unspecified atom stereocenters. The highest BCUT2D eigenvalue weighted by Gasteiger charge is 2.44. The maximum Gasteiger partial charge on any atom is 0.309 e. The molecule has 1 saturated carbocycles. The first kappa shape index (κ1) is 21.1. The number of amides is 1. The van der Waals surface area contributed by atoms with E-state index in [0.29, 0.717) is 19.6 Å². The fourth-order valence-corrected chi connectivity index (χ4v) is 3.73. The van der Waals surface area contributed by atoms with Gasteiger partial charge in [0.05, 0.1) is 19.6 Å². The van der Waals surface area contributed by atoms with E-state index in [4.69, 9.17) is 4.74 Å². The SMILES string of the molecule is COC(=O)C(C)CN(CC(=O)NCC1(c2ccccc2)CC1)Cc1ccccc1. The largest absolute Gasteiger partial charge is 0.469 e. The number of methoxy groups -OCH3 is 1. The summed E-state index contributed by atoms with van der Waals surface area (Å²) in [5.74, 6) is -0.569. The number of rotatable bonds is 10. The Morgan fingerprint density at radius 2 is 1.69 bits per heavy atom. The first-order chi connectivity index (χ1) is 14.0. The number of esters is 1. The quantitative estimate of drug-likeness (QED) is 0.629. The molecule has 0 spiro atoms. The lowest BCUT2D eigenvalue weighted by Gasteiger charge is -2.25. The van der Waals surface area contributed by atoms with Crippen molar-refractivity contribution in [2.75, 3.05) is 26.7 Å². The predicted molar refractivity (Wildman–Crippen MR) is 113 cm³/mol. The van der Waals surface area contributed by atoms with E-state index in [1.807, 2.05) is 60.4 Å². The van der Waals surface area contributed by atoms with Gasteiger partial charge in [0.2, 0.25) is 5.91 Å². The molecule has 0 saturated heterocycles. The number of carbonyl (C=O) groups is 2. The zero-order chi connectivity index (χ0) is 20.7. The van der Waals surface area contributed by atoms with Crippen LogP contribution in [0.1, 0.15) is 30.9 Å². The minimum absolute atomic E-state index is 0.0137. The Morgan fingerprint density at radius 1 is 1.07 bits per heavy atom. The molecule has 1 aliphatic carbocycles. The highest BCUT2D eigenvalue weighted by atomic mass is 16.5. The van der Waals surface area contributed by atoms with Gasteiger partial charge in [0.1, 0.15) is 0 Å². The normalized spacial score (nSPS) is 15.6. The van der Waals surface area contributed by atoms with Crippen molar-refractivity contribution >= 4 is 11.9 Å². The van der Waals surface area contributed by atoms with Crippen LogP contribution in [0.25, 0.3) is 0 Å². The molecule has 2 aromatic carbocycles. The molecule has 0 radical (unpaired) electrons. The van der Waals surface area contributed by atoms with E-state index in [1.54, 1.807) is 0 Å². The van der Waals surface area contributed by atoms with Crippen molar-refractivity contribution in [3.05, 3.63) is 71.8 Å². The number of hydrogen-bond donors (Lipinski definition) is 1. The Kier molecular flexibility index (Phi) is 7.04. The third-order valence-electron chi connectivity index (χ3n) is 5.62. The molecule has 5 heteroatoms. The van der Waals surface area contributed by atoms with E-state index >= 15 is 0 Å². The summed E-state index contributed by atoms with van der Waals surface area (Å²) >= 11 is 0. The number of nitrogens with zero attached hydrogens (tertiary/aromatic N) is 1. The van der Waals surface area contributed by atoms with Crippen LogP contribution in [-0.2, 0) is 26.3 Å². The molecule has 1 aliphatic rings. The van der Waals surface area contributed by atoms with Crippen LogP contribution < -0.4 is 5.32 Å². The first-order valence-corrected chi connectivity index (χ1v) is 10.2. The minimum atomic E-state index is -0.296. The van der Waals surface area contributed by atoms with E-state index < -0.39 is 0 Å². The topological polar surface area (TPSA) is 58.6 Å². The summed E-state index contributed by atoms with van der Waals surface area (Å²) in [7, 11) is 1.39. The van der Waals surface area contributed by atoms with Gasteiger partial charge in [0.15, 0.2) is 0 Å². The Bertz CT molecular complexity index is 803. The molecule has 3 rings (SSSR count). The van der Waals surface area contributed by atoms with Gasteiger partial charge in [-0.3, -0.25) is 14.5 Å². The average Bonchev–Trinajstić information content (AvgIpc) is 3.54. The van der Waals surface area contributed by atoms with E-state index in [2.05, 4.69) is 17.4 Å². The van der Waals surface area contributed by atoms with Gasteiger partial charge in [-0.25, -0.2) is 0 Å². The summed E-state index contributed by atoms with van der Waals surface area (Å²) in [5.41, 5.74) is 2.49. The average molecular weight is 395 g/mol. The fourth-order valence-electron chi connectivity index (χ4n) is 3.73. The van der Waals surface area contributed by atoms with Gasteiger partial charge in [0.25, 0.3) is 0 Å². The maximum atomic E-state index is 12.7. The summed E-state index contributed by atoms with van der Waals surface area (Å²) in [4.78, 5) is 26.6. The van der Waals surface area contributed by atoms with Crippen molar-refractivity contribution in [2.24, 2.45) is 5.92 Å². The fraction of sp³-hybridized carbons (Fsp3) is 0.417. The van der Waals surface area contributed by atoms with Crippen LogP contribution in [-0.4, -0.2) is 43.5 Å². The van der Waals surface area contributed by atoms with Crippen LogP contribution in [0.5, 0.6) is 0 Å². The summed E-state index contributed by atoms with van der Waals surface area (Å²) in [5, 5.41) is 3.12. The molecule has 29 heavy (non-hydrogen) atoms. The van der Waals surface area contributed by atoms with Crippen LogP contribution in [0.15, 0.2) is 60.7 Å². The van der Waals surface area contributed by atoms with Gasteiger partial charge in [-0.05, 0) is 24.0 Å². The summed E-state index contributed by atoms with van der Waals surface area (Å²) < 4.78 is 4.85. The highest BCUT2D eigenvalue weighted by Crippen LogP contribution is 2.47. The molecule has 2 aromatic rings. The van der Waals surface area contributed by atoms with Gasteiger partial charge in [-0.1, -0.05) is 67.6 Å². The van der Waals surface area contributed by atoms with Gasteiger partial charge in [0, 0.05) is 25.0 Å². The number of ether oxygens (including phenoxy) is 1. The van der Waals surface area contributed by atoms with E-state index in [1.165, 1.54) is 12.7 Å². The Hall–Kier alpha value is -2.66. The Morgan fingerprint density at radius 3 is 2.28 bits per heavy atom. The summed E-state index contributed by atoms with van der Waals surface area (Å²) in [6.07, 6.45) is 2.20. The standard InChI is InChI=1S/C24H30N2O3/c1-19(23(28)29-2)15-26(16-20-9-5-3-6-10-20)17-22(27)25-18-24(13-14-24)21-11-7-4-8-12-21/h3-12,19H,13-18H2,1-2H3,(H,25,27). The lowest BCUT2D eigenvalue weighted by Crippen LogP contribution is -2.42. The zero-order valence-corrected chi connectivity index (χ0v) is 17.3. The number of benzene rings is 2. The number of nitrogens with one attached hydrogen (secondary N) is 1. The van der Waals surface area contributed by atoms with Crippen molar-refractivity contribution in [3.8, 4) is 0 Å². The lowest BCUT2D eigenvalue weighted by atomic mass is 9.96. The molecule has 1 atom stereocenters. The zero-order valence-electron chi connectivity index (χ0n) is 17.3. The summed E-state index contributed by atoms with van der Waals surface area (Å²) in [6, 6.07) is 20.4. The van der Waals surface area contributed by atoms with Crippen LogP contribution in [0.4, 0.5) is 0 Å². The third kappa shape index (κ3) is 5.91. The first-order valence-electron chi connectivity index (χ1n) is 10.2. The minimum Gasteiger partial charge on any atom is -0.469 e. The highest BCUT2D eigenvalue weighted by molar-refractivity contribution is 5.78. The molecule has 0 bridgehead atoms. The molecule has 1 amide bonds. The molecule has 0 heterocycles. The van der Waals surface area contributed by atoms with Crippen molar-refractivity contribution in [2.45, 2.75) is 31.7 Å². The van der Waals surface area contributed by atoms with Crippen LogP contribution in [0.2, 0.25) is 0 Å². The number of hydrogen-bond acceptors (Lipinski definition) is 4. The molecule has 1 fully saturated rings. The second kappa shape index (κ2) is 9.70. The van der Waals surface area contributed by atoms with Gasteiger partial charge >= 0.3 is 5.97 Å². The second-order valence-electron chi connectivity index (χ2n) is 8.00. The van der Waals surface area contributed by atoms with Crippen LogP contribution >= 0.6 is 0 Å². The van der Waals surface area contributed by atoms with E-state index in [0.717, 1.165) is 18.4 Å². The molecule has 0 aromatic heterocycles. The van der Waals surface area contributed by atoms with Gasteiger partial charge < -0.3 is 10.1 Å². The lowest BCUT2D eigenvalue weighted by molar-refractivity contribution is -0.145. The molecular weight excluding hydrogens is 364 g/mol. The predicted octanol–water partition coefficient (Wildman–Crippen LogP) is 3.15. The molecule has 1 N–H and O–H groups in total. The van der Waals surface area contributed by atoms with Crippen molar-refractivity contribution in [1.29, 1.82) is 0 Å². The van der Waals surface area contributed by atoms with Gasteiger partial charge in [-0.15, -0.1) is 0 Å².